The second-order valence-corrected chi connectivity index (χ2v) is 7.15. The predicted octanol–water partition coefficient (Wildman–Crippen LogP) is 0.968. The van der Waals surface area contributed by atoms with Gasteiger partial charge >= 0.3 is 0 Å². The van der Waals surface area contributed by atoms with E-state index in [4.69, 9.17) is 5.73 Å². The highest BCUT2D eigenvalue weighted by molar-refractivity contribution is 7.89. The number of hydrogen-bond donors (Lipinski definition) is 1. The minimum atomic E-state index is -3.35. The van der Waals surface area contributed by atoms with Gasteiger partial charge in [-0.25, -0.2) is 12.7 Å². The number of nitrogens with zero attached hydrogens (tertiary/aromatic N) is 2. The SMILES string of the molecule is CC(CN)CN(C)c1ccc(S(=O)(=O)N(C)C)cc1. The molecule has 1 aromatic carbocycles. The molecule has 1 aromatic rings. The summed E-state index contributed by atoms with van der Waals surface area (Å²) in [5, 5.41) is 0. The molecule has 2 N–H and O–H groups in total. The lowest BCUT2D eigenvalue weighted by molar-refractivity contribution is 0.520. The minimum absolute atomic E-state index is 0.307. The summed E-state index contributed by atoms with van der Waals surface area (Å²) in [4.78, 5) is 2.38. The number of benzene rings is 1. The number of hydrogen-bond acceptors (Lipinski definition) is 4. The first kappa shape index (κ1) is 15.9. The third-order valence-electron chi connectivity index (χ3n) is 3.04. The van der Waals surface area contributed by atoms with E-state index < -0.39 is 10.0 Å². The molecular weight excluding hydrogens is 262 g/mol. The molecule has 0 heterocycles. The van der Waals surface area contributed by atoms with Crippen molar-refractivity contribution in [2.75, 3.05) is 39.1 Å². The number of nitrogens with two attached hydrogens (primary N) is 1. The Morgan fingerprint density at radius 1 is 1.16 bits per heavy atom. The molecule has 19 heavy (non-hydrogen) atoms. The Morgan fingerprint density at radius 3 is 2.11 bits per heavy atom. The Balaban J connectivity index is 2.88. The van der Waals surface area contributed by atoms with Gasteiger partial charge in [0, 0.05) is 33.4 Å². The van der Waals surface area contributed by atoms with Crippen LogP contribution in [0.3, 0.4) is 0 Å². The van der Waals surface area contributed by atoms with Crippen molar-refractivity contribution in [3.8, 4) is 0 Å². The van der Waals surface area contributed by atoms with Crippen LogP contribution in [0.25, 0.3) is 0 Å². The maximum absolute atomic E-state index is 11.9. The highest BCUT2D eigenvalue weighted by Crippen LogP contribution is 2.19. The summed E-state index contributed by atoms with van der Waals surface area (Å²) in [5.74, 6) is 0.398. The average molecular weight is 285 g/mol. The van der Waals surface area contributed by atoms with Crippen molar-refractivity contribution in [3.05, 3.63) is 24.3 Å². The van der Waals surface area contributed by atoms with Gasteiger partial charge in [-0.2, -0.15) is 0 Å². The molecule has 1 atom stereocenters. The zero-order valence-corrected chi connectivity index (χ0v) is 12.8. The number of sulfonamides is 1. The van der Waals surface area contributed by atoms with Crippen LogP contribution in [0.15, 0.2) is 29.2 Å². The summed E-state index contributed by atoms with van der Waals surface area (Å²) in [6.45, 7) is 3.56. The fourth-order valence-corrected chi connectivity index (χ4v) is 2.63. The van der Waals surface area contributed by atoms with E-state index in [1.165, 1.54) is 18.4 Å². The fourth-order valence-electron chi connectivity index (χ4n) is 1.73. The van der Waals surface area contributed by atoms with Gasteiger partial charge in [0.15, 0.2) is 0 Å². The Morgan fingerprint density at radius 2 is 1.68 bits per heavy atom. The van der Waals surface area contributed by atoms with Crippen molar-refractivity contribution in [1.82, 2.24) is 4.31 Å². The fraction of sp³-hybridized carbons (Fsp3) is 0.538. The molecule has 0 aromatic heterocycles. The van der Waals surface area contributed by atoms with Crippen LogP contribution in [0, 0.1) is 5.92 Å². The molecule has 1 unspecified atom stereocenters. The number of anilines is 1. The van der Waals surface area contributed by atoms with Gasteiger partial charge in [-0.3, -0.25) is 0 Å². The molecule has 0 radical (unpaired) electrons. The summed E-state index contributed by atoms with van der Waals surface area (Å²) in [7, 11) is 1.67. The largest absolute Gasteiger partial charge is 0.374 e. The highest BCUT2D eigenvalue weighted by atomic mass is 32.2. The molecule has 0 amide bonds. The van der Waals surface area contributed by atoms with Gasteiger partial charge in [-0.1, -0.05) is 6.92 Å². The van der Waals surface area contributed by atoms with Crippen LogP contribution in [0.2, 0.25) is 0 Å². The standard InChI is InChI=1S/C13H23N3O2S/c1-11(9-14)10-16(4)12-5-7-13(8-6-12)19(17,18)15(2)3/h5-8,11H,9-10,14H2,1-4H3. The third kappa shape index (κ3) is 3.92. The molecular formula is C13H23N3O2S. The predicted molar refractivity (Wildman–Crippen MR) is 78.8 cm³/mol. The summed E-state index contributed by atoms with van der Waals surface area (Å²) in [6.07, 6.45) is 0. The van der Waals surface area contributed by atoms with Gasteiger partial charge in [0.05, 0.1) is 4.90 Å². The van der Waals surface area contributed by atoms with Crippen LogP contribution in [-0.2, 0) is 10.0 Å². The molecule has 6 heteroatoms. The van der Waals surface area contributed by atoms with E-state index in [2.05, 4.69) is 11.8 Å². The Hall–Kier alpha value is -1.11. The second-order valence-electron chi connectivity index (χ2n) is 5.00. The normalized spacial score (nSPS) is 13.6. The Labute approximate surface area is 116 Å². The molecule has 5 nitrogen and oxygen atoms in total. The molecule has 0 fully saturated rings. The lowest BCUT2D eigenvalue weighted by Gasteiger charge is -2.23. The van der Waals surface area contributed by atoms with Gasteiger partial charge in [0.2, 0.25) is 10.0 Å². The molecule has 0 bridgehead atoms. The molecule has 0 aliphatic carbocycles. The van der Waals surface area contributed by atoms with Crippen LogP contribution in [0.1, 0.15) is 6.92 Å². The van der Waals surface area contributed by atoms with Gasteiger partial charge in [0.1, 0.15) is 0 Å². The zero-order valence-electron chi connectivity index (χ0n) is 12.0. The number of rotatable bonds is 6. The quantitative estimate of drug-likeness (QED) is 0.845. The van der Waals surface area contributed by atoms with Crippen molar-refractivity contribution in [2.45, 2.75) is 11.8 Å². The average Bonchev–Trinajstić information content (AvgIpc) is 2.38. The lowest BCUT2D eigenvalue weighted by atomic mass is 10.1. The molecule has 0 saturated heterocycles. The Kier molecular flexibility index (Phi) is 5.34. The summed E-state index contributed by atoms with van der Waals surface area (Å²) in [5.41, 5.74) is 6.59. The molecule has 108 valence electrons. The summed E-state index contributed by atoms with van der Waals surface area (Å²) >= 11 is 0. The van der Waals surface area contributed by atoms with Crippen LogP contribution in [0.5, 0.6) is 0 Å². The molecule has 0 spiro atoms. The van der Waals surface area contributed by atoms with E-state index in [1.54, 1.807) is 12.1 Å². The molecule has 0 saturated carbocycles. The monoisotopic (exact) mass is 285 g/mol. The highest BCUT2D eigenvalue weighted by Gasteiger charge is 2.17. The first-order valence-electron chi connectivity index (χ1n) is 6.22. The summed E-state index contributed by atoms with van der Waals surface area (Å²) < 4.78 is 25.1. The van der Waals surface area contributed by atoms with E-state index in [0.29, 0.717) is 17.4 Å². The van der Waals surface area contributed by atoms with Crippen molar-refractivity contribution in [1.29, 1.82) is 0 Å². The second kappa shape index (κ2) is 6.36. The first-order valence-corrected chi connectivity index (χ1v) is 7.67. The van der Waals surface area contributed by atoms with E-state index in [-0.39, 0.29) is 0 Å². The van der Waals surface area contributed by atoms with Crippen molar-refractivity contribution in [2.24, 2.45) is 11.7 Å². The Bertz CT molecular complexity index is 497. The maximum Gasteiger partial charge on any atom is 0.242 e. The van der Waals surface area contributed by atoms with Gasteiger partial charge in [-0.15, -0.1) is 0 Å². The first-order chi connectivity index (χ1) is 8.78. The smallest absolute Gasteiger partial charge is 0.242 e. The molecule has 0 aliphatic heterocycles. The van der Waals surface area contributed by atoms with E-state index in [9.17, 15) is 8.42 Å². The zero-order chi connectivity index (χ0) is 14.6. The lowest BCUT2D eigenvalue weighted by Crippen LogP contribution is -2.28. The van der Waals surface area contributed by atoms with Crippen LogP contribution in [-0.4, -0.2) is 47.0 Å². The maximum atomic E-state index is 11.9. The van der Waals surface area contributed by atoms with Crippen molar-refractivity contribution in [3.63, 3.8) is 0 Å². The van der Waals surface area contributed by atoms with E-state index in [1.807, 2.05) is 19.2 Å². The van der Waals surface area contributed by atoms with Crippen molar-refractivity contribution < 1.29 is 8.42 Å². The molecule has 0 aliphatic rings. The van der Waals surface area contributed by atoms with Gasteiger partial charge in [-0.05, 0) is 36.7 Å². The van der Waals surface area contributed by atoms with E-state index in [0.717, 1.165) is 12.2 Å². The van der Waals surface area contributed by atoms with Gasteiger partial charge < -0.3 is 10.6 Å². The topological polar surface area (TPSA) is 66.6 Å². The van der Waals surface area contributed by atoms with E-state index >= 15 is 0 Å². The third-order valence-corrected chi connectivity index (χ3v) is 4.87. The van der Waals surface area contributed by atoms with Crippen LogP contribution < -0.4 is 10.6 Å². The minimum Gasteiger partial charge on any atom is -0.374 e. The van der Waals surface area contributed by atoms with Crippen LogP contribution >= 0.6 is 0 Å². The van der Waals surface area contributed by atoms with Crippen LogP contribution in [0.4, 0.5) is 5.69 Å². The molecule has 1 rings (SSSR count). The van der Waals surface area contributed by atoms with Gasteiger partial charge in [0.25, 0.3) is 0 Å². The summed E-state index contributed by atoms with van der Waals surface area (Å²) in [6, 6.07) is 6.90. The van der Waals surface area contributed by atoms with Crippen molar-refractivity contribution >= 4 is 15.7 Å².